The van der Waals surface area contributed by atoms with Gasteiger partial charge in [-0.25, -0.2) is 0 Å². The quantitative estimate of drug-likeness (QED) is 0.786. The molecule has 3 unspecified atom stereocenters. The van der Waals surface area contributed by atoms with Gasteiger partial charge in [0.05, 0.1) is 11.6 Å². The van der Waals surface area contributed by atoms with Gasteiger partial charge in [-0.3, -0.25) is 4.79 Å². The highest BCUT2D eigenvalue weighted by Gasteiger charge is 2.59. The highest BCUT2D eigenvalue weighted by Crippen LogP contribution is 2.51. The van der Waals surface area contributed by atoms with E-state index in [1.54, 1.807) is 0 Å². The maximum Gasteiger partial charge on any atom is 0.240 e. The minimum absolute atomic E-state index is 0.00226. The number of rotatable bonds is 2. The molecule has 5 nitrogen and oxygen atoms in total. The summed E-state index contributed by atoms with van der Waals surface area (Å²) in [4.78, 5) is 12.6. The van der Waals surface area contributed by atoms with Gasteiger partial charge in [-0.15, -0.1) is 0 Å². The summed E-state index contributed by atoms with van der Waals surface area (Å²) in [6, 6.07) is 0.184. The lowest BCUT2D eigenvalue weighted by molar-refractivity contribution is -0.195. The highest BCUT2D eigenvalue weighted by molar-refractivity contribution is 5.86. The number of carbonyl (C=O) groups excluding carboxylic acids is 1. The molecule has 0 spiro atoms. The molecule has 2 saturated heterocycles. The molecule has 5 heteroatoms. The van der Waals surface area contributed by atoms with E-state index in [9.17, 15) is 4.79 Å². The van der Waals surface area contributed by atoms with Crippen molar-refractivity contribution in [1.29, 1.82) is 0 Å². The van der Waals surface area contributed by atoms with E-state index in [0.717, 1.165) is 19.4 Å². The topological polar surface area (TPSA) is 73.6 Å². The van der Waals surface area contributed by atoms with Gasteiger partial charge in [-0.05, 0) is 25.7 Å². The molecule has 0 radical (unpaired) electrons. The molecule has 1 aliphatic carbocycles. The van der Waals surface area contributed by atoms with Crippen LogP contribution in [0.1, 0.15) is 39.5 Å². The van der Waals surface area contributed by atoms with Gasteiger partial charge < -0.3 is 20.5 Å². The molecule has 0 aromatic rings. The minimum atomic E-state index is -0.755. The maximum absolute atomic E-state index is 12.6. The van der Waals surface area contributed by atoms with Crippen molar-refractivity contribution in [2.24, 2.45) is 17.1 Å². The van der Waals surface area contributed by atoms with Crippen molar-refractivity contribution < 1.29 is 14.3 Å². The standard InChI is InChI=1S/C15H26N2O3/c1-14(2)11(10-4-3-7-20-12(10)14)17-13(18)15(16)5-8-19-9-6-15/h10-12H,3-9,16H2,1-2H3,(H,17,18). The summed E-state index contributed by atoms with van der Waals surface area (Å²) in [7, 11) is 0. The first-order chi connectivity index (χ1) is 9.45. The van der Waals surface area contributed by atoms with Gasteiger partial charge in [0.15, 0.2) is 0 Å². The molecule has 1 saturated carbocycles. The number of hydrogen-bond acceptors (Lipinski definition) is 4. The van der Waals surface area contributed by atoms with Gasteiger partial charge in [-0.2, -0.15) is 0 Å². The van der Waals surface area contributed by atoms with Crippen LogP contribution in [0.5, 0.6) is 0 Å². The van der Waals surface area contributed by atoms with Crippen molar-refractivity contribution >= 4 is 5.91 Å². The molecule has 0 aromatic carbocycles. The molecular formula is C15H26N2O3. The van der Waals surface area contributed by atoms with Crippen LogP contribution in [0.25, 0.3) is 0 Å². The van der Waals surface area contributed by atoms with E-state index < -0.39 is 5.54 Å². The normalized spacial score (nSPS) is 38.5. The smallest absolute Gasteiger partial charge is 0.240 e. The van der Waals surface area contributed by atoms with E-state index in [1.165, 1.54) is 0 Å². The molecule has 3 fully saturated rings. The van der Waals surface area contributed by atoms with Crippen molar-refractivity contribution in [3.63, 3.8) is 0 Å². The van der Waals surface area contributed by atoms with Crippen LogP contribution in [0.4, 0.5) is 0 Å². The Hall–Kier alpha value is -0.650. The number of amides is 1. The zero-order valence-corrected chi connectivity index (χ0v) is 12.5. The van der Waals surface area contributed by atoms with Crippen LogP contribution in [-0.4, -0.2) is 43.4 Å². The Morgan fingerprint density at radius 2 is 1.95 bits per heavy atom. The lowest BCUT2D eigenvalue weighted by atomic mass is 9.55. The van der Waals surface area contributed by atoms with Crippen LogP contribution in [0.3, 0.4) is 0 Å². The maximum atomic E-state index is 12.6. The third kappa shape index (κ3) is 2.16. The van der Waals surface area contributed by atoms with Gasteiger partial charge in [0, 0.05) is 37.2 Å². The number of carbonyl (C=O) groups is 1. The lowest BCUT2D eigenvalue weighted by Gasteiger charge is -2.60. The average molecular weight is 282 g/mol. The van der Waals surface area contributed by atoms with Crippen LogP contribution in [0.15, 0.2) is 0 Å². The van der Waals surface area contributed by atoms with Crippen LogP contribution in [-0.2, 0) is 14.3 Å². The predicted octanol–water partition coefficient (Wildman–Crippen LogP) is 0.814. The van der Waals surface area contributed by atoms with E-state index in [2.05, 4.69) is 19.2 Å². The van der Waals surface area contributed by atoms with Crippen molar-refractivity contribution in [3.8, 4) is 0 Å². The van der Waals surface area contributed by atoms with Crippen LogP contribution in [0.2, 0.25) is 0 Å². The van der Waals surface area contributed by atoms with E-state index in [4.69, 9.17) is 15.2 Å². The second kappa shape index (κ2) is 4.97. The molecular weight excluding hydrogens is 256 g/mol. The van der Waals surface area contributed by atoms with Gasteiger partial charge in [0.25, 0.3) is 0 Å². The summed E-state index contributed by atoms with van der Waals surface area (Å²) in [5, 5.41) is 3.22. The first kappa shape index (κ1) is 14.3. The Morgan fingerprint density at radius 3 is 2.65 bits per heavy atom. The number of nitrogens with two attached hydrogens (primary N) is 1. The van der Waals surface area contributed by atoms with Gasteiger partial charge in [-0.1, -0.05) is 13.8 Å². The molecule has 1 amide bonds. The van der Waals surface area contributed by atoms with Crippen molar-refractivity contribution in [1.82, 2.24) is 5.32 Å². The van der Waals surface area contributed by atoms with E-state index in [0.29, 0.717) is 32.0 Å². The average Bonchev–Trinajstić information content (AvgIpc) is 2.45. The van der Waals surface area contributed by atoms with Crippen LogP contribution in [0, 0.1) is 11.3 Å². The fourth-order valence-corrected chi connectivity index (χ4v) is 4.06. The second-order valence-corrected chi connectivity index (χ2v) is 7.14. The zero-order valence-electron chi connectivity index (χ0n) is 12.5. The molecule has 0 bridgehead atoms. The molecule has 3 atom stereocenters. The Kier molecular flexibility index (Phi) is 3.55. The molecule has 2 aliphatic heterocycles. The predicted molar refractivity (Wildman–Crippen MR) is 75.1 cm³/mol. The summed E-state index contributed by atoms with van der Waals surface area (Å²) >= 11 is 0. The fourth-order valence-electron chi connectivity index (χ4n) is 4.06. The number of ether oxygens (including phenoxy) is 2. The zero-order chi connectivity index (χ0) is 14.4. The van der Waals surface area contributed by atoms with Crippen LogP contribution < -0.4 is 11.1 Å². The Bertz CT molecular complexity index is 391. The molecule has 0 aromatic heterocycles. The summed E-state index contributed by atoms with van der Waals surface area (Å²) in [6.45, 7) is 6.36. The minimum Gasteiger partial charge on any atom is -0.381 e. The summed E-state index contributed by atoms with van der Waals surface area (Å²) in [5.41, 5.74) is 5.51. The number of hydrogen-bond donors (Lipinski definition) is 2. The van der Waals surface area contributed by atoms with Crippen molar-refractivity contribution in [3.05, 3.63) is 0 Å². The molecule has 2 heterocycles. The van der Waals surface area contributed by atoms with Gasteiger partial charge >= 0.3 is 0 Å². The largest absolute Gasteiger partial charge is 0.381 e. The van der Waals surface area contributed by atoms with Crippen LogP contribution >= 0.6 is 0 Å². The second-order valence-electron chi connectivity index (χ2n) is 7.14. The monoisotopic (exact) mass is 282 g/mol. The van der Waals surface area contributed by atoms with Gasteiger partial charge in [0.1, 0.15) is 0 Å². The Morgan fingerprint density at radius 1 is 1.25 bits per heavy atom. The lowest BCUT2D eigenvalue weighted by Crippen LogP contribution is -2.72. The third-order valence-corrected chi connectivity index (χ3v) is 5.45. The van der Waals surface area contributed by atoms with Gasteiger partial charge in [0.2, 0.25) is 5.91 Å². The molecule has 3 aliphatic rings. The fraction of sp³-hybridized carbons (Fsp3) is 0.933. The molecule has 114 valence electrons. The molecule has 3 rings (SSSR count). The number of fused-ring (bicyclic) bond motifs is 1. The van der Waals surface area contributed by atoms with Crippen molar-refractivity contribution in [2.75, 3.05) is 19.8 Å². The first-order valence-corrected chi connectivity index (χ1v) is 7.74. The van der Waals surface area contributed by atoms with E-state index >= 15 is 0 Å². The highest BCUT2D eigenvalue weighted by atomic mass is 16.5. The van der Waals surface area contributed by atoms with Crippen molar-refractivity contribution in [2.45, 2.75) is 57.2 Å². The van der Waals surface area contributed by atoms with E-state index in [1.807, 2.05) is 0 Å². The Balaban J connectivity index is 1.66. The summed E-state index contributed by atoms with van der Waals surface area (Å²) < 4.78 is 11.2. The number of nitrogens with one attached hydrogen (secondary N) is 1. The van der Waals surface area contributed by atoms with E-state index in [-0.39, 0.29) is 23.5 Å². The summed E-state index contributed by atoms with van der Waals surface area (Å²) in [6.07, 6.45) is 3.72. The Labute approximate surface area is 120 Å². The SMILES string of the molecule is CC1(C)C(NC(=O)C2(N)CCOCC2)C2CCCOC21. The molecule has 20 heavy (non-hydrogen) atoms. The molecule has 3 N–H and O–H groups in total. The third-order valence-electron chi connectivity index (χ3n) is 5.45. The summed E-state index contributed by atoms with van der Waals surface area (Å²) in [5.74, 6) is 0.439. The first-order valence-electron chi connectivity index (χ1n) is 7.74.